The number of esters is 1. The van der Waals surface area contributed by atoms with Gasteiger partial charge in [0.05, 0.1) is 12.3 Å². The van der Waals surface area contributed by atoms with Gasteiger partial charge in [-0.1, -0.05) is 31.5 Å². The molecule has 1 amide bonds. The molecule has 0 spiro atoms. The average Bonchev–Trinajstić information content (AvgIpc) is 2.89. The number of aryl methyl sites for hydroxylation is 1. The number of rotatable bonds is 6. The second kappa shape index (κ2) is 8.28. The van der Waals surface area contributed by atoms with Crippen molar-refractivity contribution in [2.45, 2.75) is 26.7 Å². The average molecular weight is 334 g/mol. The number of hydrogen-bond acceptors (Lipinski definition) is 6. The Labute approximate surface area is 138 Å². The third-order valence-corrected chi connectivity index (χ3v) is 3.82. The molecule has 2 rings (SSSR count). The number of anilines is 1. The summed E-state index contributed by atoms with van der Waals surface area (Å²) >= 11 is 1.02. The number of carbonyl (C=O) groups excluding carboxylic acids is 2. The van der Waals surface area contributed by atoms with E-state index in [4.69, 9.17) is 9.47 Å². The summed E-state index contributed by atoms with van der Waals surface area (Å²) in [5.74, 6) is -0.0713. The van der Waals surface area contributed by atoms with Gasteiger partial charge in [0.2, 0.25) is 0 Å². The molecule has 0 aliphatic heterocycles. The highest BCUT2D eigenvalue weighted by Gasteiger charge is 2.21. The fraction of sp³-hybridized carbons (Fsp3) is 0.312. The molecule has 0 bridgehead atoms. The summed E-state index contributed by atoms with van der Waals surface area (Å²) in [4.78, 5) is 24.0. The molecule has 0 radical (unpaired) electrons. The topological polar surface area (TPSA) is 77.5 Å². The lowest BCUT2D eigenvalue weighted by atomic mass is 10.2. The third-order valence-electron chi connectivity index (χ3n) is 2.97. The minimum atomic E-state index is -0.678. The van der Waals surface area contributed by atoms with Crippen molar-refractivity contribution in [3.63, 3.8) is 0 Å². The van der Waals surface area contributed by atoms with E-state index in [1.807, 2.05) is 13.0 Å². The Morgan fingerprint density at radius 3 is 2.70 bits per heavy atom. The number of benzene rings is 1. The number of aromatic nitrogens is 1. The molecule has 0 aliphatic carbocycles. The molecule has 23 heavy (non-hydrogen) atoms. The Balaban J connectivity index is 2.02. The van der Waals surface area contributed by atoms with E-state index >= 15 is 0 Å². The van der Waals surface area contributed by atoms with Crippen molar-refractivity contribution in [3.8, 4) is 5.75 Å². The molecule has 1 N–H and O–H groups in total. The molecule has 6 nitrogen and oxygen atoms in total. The second-order valence-corrected chi connectivity index (χ2v) is 5.56. The smallest absolute Gasteiger partial charge is 0.417 e. The summed E-state index contributed by atoms with van der Waals surface area (Å²) in [5.41, 5.74) is 0.794. The molecule has 0 saturated carbocycles. The van der Waals surface area contributed by atoms with Crippen LogP contribution in [0.15, 0.2) is 30.3 Å². The zero-order valence-corrected chi connectivity index (χ0v) is 13.8. The molecule has 0 unspecified atom stereocenters. The van der Waals surface area contributed by atoms with E-state index in [1.54, 1.807) is 31.2 Å². The molecule has 0 saturated heterocycles. The number of para-hydroxylation sites is 1. The number of hydrogen-bond donors (Lipinski definition) is 1. The maximum atomic E-state index is 12.1. The van der Waals surface area contributed by atoms with Crippen LogP contribution in [0, 0.1) is 6.92 Å². The molecule has 1 heterocycles. The van der Waals surface area contributed by atoms with Crippen LogP contribution in [0.3, 0.4) is 0 Å². The van der Waals surface area contributed by atoms with Crippen molar-refractivity contribution >= 4 is 28.6 Å². The van der Waals surface area contributed by atoms with Gasteiger partial charge in [-0.3, -0.25) is 5.32 Å². The minimum Gasteiger partial charge on any atom is -0.462 e. The summed E-state index contributed by atoms with van der Waals surface area (Å²) < 4.78 is 14.4. The minimum absolute atomic E-state index is 0.274. The number of unbranched alkanes of at least 4 members (excludes halogenated alkanes) is 1. The highest BCUT2D eigenvalue weighted by Crippen LogP contribution is 2.26. The molecule has 2 aromatic rings. The first-order valence-electron chi connectivity index (χ1n) is 7.29. The quantitative estimate of drug-likeness (QED) is 0.638. The molecular weight excluding hydrogens is 316 g/mol. The number of amides is 1. The zero-order valence-electron chi connectivity index (χ0n) is 13.0. The first-order chi connectivity index (χ1) is 11.1. The Morgan fingerprint density at radius 2 is 2.00 bits per heavy atom. The Hall–Kier alpha value is -2.41. The van der Waals surface area contributed by atoms with Crippen LogP contribution in [0.25, 0.3) is 0 Å². The summed E-state index contributed by atoms with van der Waals surface area (Å²) in [6.07, 6.45) is 1.05. The fourth-order valence-electron chi connectivity index (χ4n) is 1.79. The number of nitrogens with zero attached hydrogens (tertiary/aromatic N) is 1. The highest BCUT2D eigenvalue weighted by atomic mass is 32.1. The Kier molecular flexibility index (Phi) is 6.10. The van der Waals surface area contributed by atoms with Crippen LogP contribution in [-0.2, 0) is 4.74 Å². The van der Waals surface area contributed by atoms with E-state index in [2.05, 4.69) is 9.69 Å². The van der Waals surface area contributed by atoms with Crippen LogP contribution in [0.1, 0.15) is 35.8 Å². The highest BCUT2D eigenvalue weighted by molar-refractivity contribution is 7.11. The lowest BCUT2D eigenvalue weighted by Gasteiger charge is -2.07. The maximum absolute atomic E-state index is 12.1. The van der Waals surface area contributed by atoms with Gasteiger partial charge in [-0.25, -0.2) is 9.59 Å². The molecule has 0 fully saturated rings. The fourth-order valence-corrected chi connectivity index (χ4v) is 2.56. The zero-order chi connectivity index (χ0) is 16.7. The van der Waals surface area contributed by atoms with Crippen molar-refractivity contribution in [2.75, 3.05) is 11.9 Å². The summed E-state index contributed by atoms with van der Waals surface area (Å²) in [6, 6.07) is 8.67. The van der Waals surface area contributed by atoms with E-state index < -0.39 is 12.1 Å². The predicted octanol–water partition coefficient (Wildman–Crippen LogP) is 4.02. The van der Waals surface area contributed by atoms with E-state index in [0.29, 0.717) is 23.1 Å². The second-order valence-electron chi connectivity index (χ2n) is 4.79. The molecular formula is C16H18N2O4S. The maximum Gasteiger partial charge on any atom is 0.417 e. The van der Waals surface area contributed by atoms with Crippen LogP contribution in [0.4, 0.5) is 9.80 Å². The van der Waals surface area contributed by atoms with E-state index in [0.717, 1.165) is 24.4 Å². The van der Waals surface area contributed by atoms with Gasteiger partial charge in [0.25, 0.3) is 0 Å². The molecule has 0 aliphatic rings. The van der Waals surface area contributed by atoms with Gasteiger partial charge >= 0.3 is 12.1 Å². The van der Waals surface area contributed by atoms with Crippen molar-refractivity contribution < 1.29 is 19.1 Å². The molecule has 1 aromatic heterocycles. The number of carbonyl (C=O) groups is 2. The first kappa shape index (κ1) is 17.0. The van der Waals surface area contributed by atoms with Gasteiger partial charge in [-0.15, -0.1) is 0 Å². The molecule has 7 heteroatoms. The van der Waals surface area contributed by atoms with Gasteiger partial charge in [-0.05, 0) is 37.0 Å². The summed E-state index contributed by atoms with van der Waals surface area (Å²) in [6.45, 7) is 4.05. The number of ether oxygens (including phenoxy) is 2. The predicted molar refractivity (Wildman–Crippen MR) is 88.1 cm³/mol. The third kappa shape index (κ3) is 4.79. The normalized spacial score (nSPS) is 10.2. The van der Waals surface area contributed by atoms with Gasteiger partial charge in [0.1, 0.15) is 16.3 Å². The molecule has 1 aromatic carbocycles. The SMILES string of the molecule is CCCCOC(=O)c1c(C)nsc1NC(=O)Oc1ccccc1. The van der Waals surface area contributed by atoms with Gasteiger partial charge in [0.15, 0.2) is 0 Å². The lowest BCUT2D eigenvalue weighted by Crippen LogP contribution is -2.18. The van der Waals surface area contributed by atoms with Crippen LogP contribution in [0.5, 0.6) is 5.75 Å². The number of nitrogens with one attached hydrogen (secondary N) is 1. The standard InChI is InChI=1S/C16H18N2O4S/c1-3-4-10-21-15(19)13-11(2)18-23-14(13)17-16(20)22-12-8-6-5-7-9-12/h5-9H,3-4,10H2,1-2H3,(H,17,20). The van der Waals surface area contributed by atoms with Crippen LogP contribution in [-0.4, -0.2) is 23.0 Å². The largest absolute Gasteiger partial charge is 0.462 e. The van der Waals surface area contributed by atoms with E-state index in [1.165, 1.54) is 0 Å². The lowest BCUT2D eigenvalue weighted by molar-refractivity contribution is 0.0500. The van der Waals surface area contributed by atoms with Crippen LogP contribution in [0.2, 0.25) is 0 Å². The van der Waals surface area contributed by atoms with E-state index in [-0.39, 0.29) is 5.56 Å². The van der Waals surface area contributed by atoms with Crippen LogP contribution < -0.4 is 10.1 Å². The van der Waals surface area contributed by atoms with Gasteiger partial charge in [0, 0.05) is 0 Å². The summed E-state index contributed by atoms with van der Waals surface area (Å²) in [5, 5.41) is 2.87. The Bertz CT molecular complexity index is 670. The van der Waals surface area contributed by atoms with Crippen molar-refractivity contribution in [2.24, 2.45) is 0 Å². The van der Waals surface area contributed by atoms with Crippen molar-refractivity contribution in [1.29, 1.82) is 0 Å². The Morgan fingerprint density at radius 1 is 1.26 bits per heavy atom. The van der Waals surface area contributed by atoms with E-state index in [9.17, 15) is 9.59 Å². The van der Waals surface area contributed by atoms with Crippen LogP contribution >= 0.6 is 11.5 Å². The molecule has 0 atom stereocenters. The first-order valence-corrected chi connectivity index (χ1v) is 8.06. The van der Waals surface area contributed by atoms with Crippen molar-refractivity contribution in [3.05, 3.63) is 41.6 Å². The molecule has 122 valence electrons. The van der Waals surface area contributed by atoms with Crippen molar-refractivity contribution in [1.82, 2.24) is 4.37 Å². The van der Waals surface area contributed by atoms with Gasteiger partial charge in [-0.2, -0.15) is 4.37 Å². The van der Waals surface area contributed by atoms with Gasteiger partial charge < -0.3 is 9.47 Å². The monoisotopic (exact) mass is 334 g/mol. The summed E-state index contributed by atoms with van der Waals surface area (Å²) in [7, 11) is 0.